The molecule has 0 saturated heterocycles. The van der Waals surface area contributed by atoms with Crippen molar-refractivity contribution in [3.8, 4) is 11.5 Å². The Labute approximate surface area is 204 Å². The van der Waals surface area contributed by atoms with Crippen LogP contribution in [-0.2, 0) is 17.8 Å². The minimum atomic E-state index is -0.870. The molecule has 8 nitrogen and oxygen atoms in total. The molecule has 0 unspecified atom stereocenters. The topological polar surface area (TPSA) is 107 Å². The number of nitrogens with zero attached hydrogens (tertiary/aromatic N) is 2. The van der Waals surface area contributed by atoms with Crippen LogP contribution in [0.1, 0.15) is 36.3 Å². The minimum absolute atomic E-state index is 0.000652. The maximum absolute atomic E-state index is 13.5. The van der Waals surface area contributed by atoms with E-state index in [4.69, 9.17) is 37.1 Å². The fraction of sp³-hybridized carbons (Fsp3) is 0.261. The molecule has 1 aliphatic rings. The highest BCUT2D eigenvalue weighted by Crippen LogP contribution is 2.36. The average molecular weight is 508 g/mol. The summed E-state index contributed by atoms with van der Waals surface area (Å²) in [4.78, 5) is 12.6. The van der Waals surface area contributed by atoms with Crippen molar-refractivity contribution in [1.29, 1.82) is 0 Å². The lowest BCUT2D eigenvalue weighted by atomic mass is 9.98. The molecule has 4 rings (SSSR count). The maximum Gasteiger partial charge on any atom is 0.265 e. The van der Waals surface area contributed by atoms with Gasteiger partial charge in [0.05, 0.1) is 11.1 Å². The van der Waals surface area contributed by atoms with Crippen molar-refractivity contribution in [3.63, 3.8) is 0 Å². The minimum Gasteiger partial charge on any atom is -0.484 e. The van der Waals surface area contributed by atoms with Gasteiger partial charge in [0.25, 0.3) is 11.8 Å². The molecule has 2 atom stereocenters. The number of carbonyl (C=O) groups is 1. The Hall–Kier alpha value is -3.14. The highest BCUT2D eigenvalue weighted by molar-refractivity contribution is 6.31. The van der Waals surface area contributed by atoms with Gasteiger partial charge in [-0.15, -0.1) is 10.2 Å². The summed E-state index contributed by atoms with van der Waals surface area (Å²) in [6, 6.07) is 8.94. The van der Waals surface area contributed by atoms with Crippen LogP contribution in [0.25, 0.3) is 0 Å². The van der Waals surface area contributed by atoms with E-state index in [1.807, 2.05) is 0 Å². The summed E-state index contributed by atoms with van der Waals surface area (Å²) in [6.45, 7) is 3.81. The molecule has 2 aromatic carbocycles. The van der Waals surface area contributed by atoms with Crippen molar-refractivity contribution >= 4 is 29.1 Å². The second-order valence-corrected chi connectivity index (χ2v) is 8.43. The van der Waals surface area contributed by atoms with E-state index in [-0.39, 0.29) is 29.7 Å². The molecule has 1 amide bonds. The summed E-state index contributed by atoms with van der Waals surface area (Å²) in [5, 5.41) is 21.3. The van der Waals surface area contributed by atoms with Crippen molar-refractivity contribution in [2.45, 2.75) is 38.1 Å². The van der Waals surface area contributed by atoms with Crippen LogP contribution in [0.5, 0.6) is 11.5 Å². The van der Waals surface area contributed by atoms with Gasteiger partial charge < -0.3 is 24.3 Å². The monoisotopic (exact) mass is 507 g/mol. The zero-order valence-electron chi connectivity index (χ0n) is 17.8. The molecular formula is C23H20Cl2FN3O5. The number of nitrogens with one attached hydrogen (secondary N) is 1. The predicted octanol–water partition coefficient (Wildman–Crippen LogP) is 4.54. The van der Waals surface area contributed by atoms with Crippen molar-refractivity contribution in [2.24, 2.45) is 0 Å². The van der Waals surface area contributed by atoms with E-state index in [0.717, 1.165) is 6.07 Å². The van der Waals surface area contributed by atoms with Gasteiger partial charge in [-0.1, -0.05) is 29.8 Å². The van der Waals surface area contributed by atoms with Crippen LogP contribution in [-0.4, -0.2) is 27.3 Å². The second kappa shape index (κ2) is 10.4. The van der Waals surface area contributed by atoms with Crippen molar-refractivity contribution in [1.82, 2.24) is 15.5 Å². The Bertz CT molecular complexity index is 1220. The van der Waals surface area contributed by atoms with Crippen LogP contribution in [0.3, 0.4) is 0 Å². The molecule has 0 fully saturated rings. The summed E-state index contributed by atoms with van der Waals surface area (Å²) in [6.07, 6.45) is -0.966. The number of rotatable bonds is 8. The van der Waals surface area contributed by atoms with E-state index < -0.39 is 23.9 Å². The van der Waals surface area contributed by atoms with E-state index in [1.165, 1.54) is 12.1 Å². The van der Waals surface area contributed by atoms with Crippen LogP contribution in [0, 0.1) is 5.82 Å². The first-order valence-corrected chi connectivity index (χ1v) is 11.1. The molecule has 1 aromatic heterocycles. The van der Waals surface area contributed by atoms with Gasteiger partial charge in [0.1, 0.15) is 17.3 Å². The second-order valence-electron chi connectivity index (χ2n) is 7.59. The van der Waals surface area contributed by atoms with Crippen LogP contribution in [0.15, 0.2) is 53.1 Å². The van der Waals surface area contributed by atoms with Gasteiger partial charge in [-0.25, -0.2) is 4.39 Å². The number of carbonyl (C=O) groups excluding carboxylic acids is 1. The first kappa shape index (κ1) is 24.0. The zero-order valence-corrected chi connectivity index (χ0v) is 19.3. The molecular weight excluding hydrogens is 488 g/mol. The summed E-state index contributed by atoms with van der Waals surface area (Å²) in [5.74, 6) is 0.219. The fourth-order valence-electron chi connectivity index (χ4n) is 3.31. The lowest BCUT2D eigenvalue weighted by Crippen LogP contribution is -2.41. The predicted molar refractivity (Wildman–Crippen MR) is 121 cm³/mol. The SMILES string of the molecule is C=C(CCc1nnc(COc2ccc(Cl)c(F)c2)o1)NC(=O)[C@@H]1C[C@H](O)c2cc(Cl)ccc2O1. The molecule has 0 radical (unpaired) electrons. The number of fused-ring (bicyclic) bond motifs is 1. The van der Waals surface area contributed by atoms with Gasteiger partial charge in [0.2, 0.25) is 5.89 Å². The molecule has 0 spiro atoms. The molecule has 34 heavy (non-hydrogen) atoms. The third-order valence-corrected chi connectivity index (χ3v) is 5.57. The lowest BCUT2D eigenvalue weighted by molar-refractivity contribution is -0.129. The molecule has 0 aliphatic carbocycles. The Kier molecular flexibility index (Phi) is 7.35. The van der Waals surface area contributed by atoms with E-state index >= 15 is 0 Å². The summed E-state index contributed by atoms with van der Waals surface area (Å²) in [7, 11) is 0. The smallest absolute Gasteiger partial charge is 0.265 e. The number of aliphatic hydroxyl groups excluding tert-OH is 1. The number of aryl methyl sites for hydroxylation is 1. The molecule has 2 N–H and O–H groups in total. The first-order chi connectivity index (χ1) is 16.3. The maximum atomic E-state index is 13.5. The number of aromatic nitrogens is 2. The number of benzene rings is 2. The average Bonchev–Trinajstić information content (AvgIpc) is 3.26. The summed E-state index contributed by atoms with van der Waals surface area (Å²) >= 11 is 11.6. The highest BCUT2D eigenvalue weighted by atomic mass is 35.5. The van der Waals surface area contributed by atoms with Crippen LogP contribution in [0.2, 0.25) is 10.0 Å². The number of halogens is 3. The molecule has 3 aromatic rings. The van der Waals surface area contributed by atoms with Gasteiger partial charge >= 0.3 is 0 Å². The Morgan fingerprint density at radius 1 is 1.24 bits per heavy atom. The van der Waals surface area contributed by atoms with Gasteiger partial charge in [0, 0.05) is 35.2 Å². The normalized spacial score (nSPS) is 16.9. The number of amides is 1. The van der Waals surface area contributed by atoms with Crippen molar-refractivity contribution < 1.29 is 28.2 Å². The van der Waals surface area contributed by atoms with Crippen LogP contribution >= 0.6 is 23.2 Å². The van der Waals surface area contributed by atoms with E-state index in [9.17, 15) is 14.3 Å². The summed E-state index contributed by atoms with van der Waals surface area (Å²) < 4.78 is 30.1. The van der Waals surface area contributed by atoms with Gasteiger partial charge in [-0.2, -0.15) is 0 Å². The van der Waals surface area contributed by atoms with E-state index in [1.54, 1.807) is 18.2 Å². The number of hydrogen-bond donors (Lipinski definition) is 2. The Morgan fingerprint density at radius 2 is 2.03 bits per heavy atom. The van der Waals surface area contributed by atoms with Gasteiger partial charge in [-0.05, 0) is 36.8 Å². The number of hydrogen-bond acceptors (Lipinski definition) is 7. The van der Waals surface area contributed by atoms with Crippen molar-refractivity contribution in [3.05, 3.63) is 81.9 Å². The van der Waals surface area contributed by atoms with Crippen LogP contribution in [0.4, 0.5) is 4.39 Å². The highest BCUT2D eigenvalue weighted by Gasteiger charge is 2.32. The standard InChI is InChI=1S/C23H20Cl2FN3O5/c1-12(27-23(31)20-10-18(30)15-8-13(24)3-6-19(15)33-20)2-7-21-28-29-22(34-21)11-32-14-4-5-16(25)17(26)9-14/h3-6,8-9,18,20,30H,1-2,7,10-11H2,(H,27,31)/t18-,20-/m0/s1. The van der Waals surface area contributed by atoms with Gasteiger partial charge in [0.15, 0.2) is 12.7 Å². The number of ether oxygens (including phenoxy) is 2. The fourth-order valence-corrected chi connectivity index (χ4v) is 3.61. The summed E-state index contributed by atoms with van der Waals surface area (Å²) in [5.41, 5.74) is 0.977. The quantitative estimate of drug-likeness (QED) is 0.460. The third-order valence-electron chi connectivity index (χ3n) is 5.03. The third kappa shape index (κ3) is 5.85. The molecule has 0 bridgehead atoms. The van der Waals surface area contributed by atoms with E-state index in [0.29, 0.717) is 40.8 Å². The number of allylic oxidation sites excluding steroid dienone is 1. The largest absolute Gasteiger partial charge is 0.484 e. The molecule has 0 saturated carbocycles. The molecule has 2 heterocycles. The molecule has 178 valence electrons. The zero-order chi connectivity index (χ0) is 24.2. The Morgan fingerprint density at radius 3 is 2.82 bits per heavy atom. The molecule has 11 heteroatoms. The van der Waals surface area contributed by atoms with Crippen LogP contribution < -0.4 is 14.8 Å². The van der Waals surface area contributed by atoms with E-state index in [2.05, 4.69) is 22.1 Å². The number of aliphatic hydroxyl groups is 1. The Balaban J connectivity index is 1.24. The molecule has 1 aliphatic heterocycles. The first-order valence-electron chi connectivity index (χ1n) is 10.3. The van der Waals surface area contributed by atoms with Gasteiger partial charge in [-0.3, -0.25) is 4.79 Å². The lowest BCUT2D eigenvalue weighted by Gasteiger charge is -2.29. The van der Waals surface area contributed by atoms with Crippen molar-refractivity contribution in [2.75, 3.05) is 0 Å².